The maximum Gasteiger partial charge on any atom is 0.435 e. The Morgan fingerprint density at radius 1 is 0.923 bits per heavy atom. The van der Waals surface area contributed by atoms with E-state index in [1.54, 1.807) is 20.8 Å². The highest BCUT2D eigenvalue weighted by molar-refractivity contribution is 6.39. The van der Waals surface area contributed by atoms with Crippen LogP contribution in [0.5, 0.6) is 0 Å². The molecule has 0 atom stereocenters. The van der Waals surface area contributed by atoms with Crippen LogP contribution in [0.25, 0.3) is 5.57 Å². The van der Waals surface area contributed by atoms with Gasteiger partial charge in [0.25, 0.3) is 0 Å². The topological polar surface area (TPSA) is 74.2 Å². The van der Waals surface area contributed by atoms with Gasteiger partial charge in [0.2, 0.25) is 0 Å². The number of nitrogens with one attached hydrogen (secondary N) is 3. The molecule has 0 heterocycles. The van der Waals surface area contributed by atoms with Gasteiger partial charge >= 0.3 is 24.1 Å². The molecular weight excluding hydrogens is 602 g/mol. The van der Waals surface area contributed by atoms with Crippen molar-refractivity contribution in [2.24, 2.45) is 0 Å². The zero-order valence-corrected chi connectivity index (χ0v) is 22.6. The lowest BCUT2D eigenvalue weighted by Gasteiger charge is -2.30. The van der Waals surface area contributed by atoms with Crippen molar-refractivity contribution >= 4 is 58.4 Å². The summed E-state index contributed by atoms with van der Waals surface area (Å²) in [5.74, 6) is 0. The lowest BCUT2D eigenvalue weighted by Crippen LogP contribution is -2.50. The average Bonchev–Trinajstić information content (AvgIpc) is 2.77. The largest absolute Gasteiger partial charge is 0.444 e. The minimum atomic E-state index is -6.34. The van der Waals surface area contributed by atoms with E-state index >= 15 is 0 Å². The van der Waals surface area contributed by atoms with E-state index in [0.717, 1.165) is 12.4 Å². The van der Waals surface area contributed by atoms with E-state index in [2.05, 4.69) is 10.6 Å². The molecule has 214 valence electrons. The van der Waals surface area contributed by atoms with Gasteiger partial charge in [-0.25, -0.2) is 9.18 Å². The minimum Gasteiger partial charge on any atom is -0.444 e. The number of hydrogen-bond acceptors (Lipinski definition) is 4. The summed E-state index contributed by atoms with van der Waals surface area (Å²) in [6.07, 6.45) is -11.4. The first-order chi connectivity index (χ1) is 17.7. The lowest BCUT2D eigenvalue weighted by atomic mass is 9.94. The number of hydrogen-bond donors (Lipinski definition) is 3. The molecule has 5 nitrogen and oxygen atoms in total. The monoisotopic (exact) mass is 621 g/mol. The van der Waals surface area contributed by atoms with Crippen LogP contribution in [-0.2, 0) is 17.0 Å². The molecule has 3 N–H and O–H groups in total. The van der Waals surface area contributed by atoms with Crippen molar-refractivity contribution in [1.82, 2.24) is 5.32 Å². The molecule has 0 aliphatic carbocycles. The number of anilines is 1. The Morgan fingerprint density at radius 2 is 1.46 bits per heavy atom. The molecule has 0 bridgehead atoms. The third-order valence-corrected chi connectivity index (χ3v) is 5.91. The van der Waals surface area contributed by atoms with Crippen molar-refractivity contribution in [1.29, 1.82) is 5.41 Å². The fourth-order valence-electron chi connectivity index (χ4n) is 3.13. The zero-order chi connectivity index (χ0) is 30.0. The van der Waals surface area contributed by atoms with Crippen LogP contribution in [0, 0.1) is 5.41 Å². The number of halogens is 10. The zero-order valence-electron chi connectivity index (χ0n) is 20.3. The molecule has 0 unspecified atom stereocenters. The van der Waals surface area contributed by atoms with Gasteiger partial charge in [0.15, 0.2) is 0 Å². The summed E-state index contributed by atoms with van der Waals surface area (Å²) < 4.78 is 98.2. The van der Waals surface area contributed by atoms with Crippen molar-refractivity contribution < 1.29 is 40.3 Å². The van der Waals surface area contributed by atoms with Gasteiger partial charge in [0.1, 0.15) is 5.60 Å². The van der Waals surface area contributed by atoms with Crippen LogP contribution in [0.4, 0.5) is 41.2 Å². The summed E-state index contributed by atoms with van der Waals surface area (Å²) in [5, 5.41) is 11.5. The second kappa shape index (κ2) is 11.8. The smallest absolute Gasteiger partial charge is 0.435 e. The number of carbonyl (C=O) groups excluding carboxylic acids is 1. The molecule has 39 heavy (non-hydrogen) atoms. The molecule has 0 saturated carbocycles. The minimum absolute atomic E-state index is 0.0389. The lowest BCUT2D eigenvalue weighted by molar-refractivity contribution is -0.348. The molecule has 0 saturated heterocycles. The first-order valence-electron chi connectivity index (χ1n) is 10.8. The maximum atomic E-state index is 14.4. The third-order valence-electron chi connectivity index (χ3n) is 4.95. The molecule has 2 aromatic rings. The molecule has 0 aliphatic rings. The van der Waals surface area contributed by atoms with Crippen LogP contribution in [-0.4, -0.2) is 30.3 Å². The molecule has 2 rings (SSSR count). The van der Waals surface area contributed by atoms with E-state index in [9.17, 15) is 35.5 Å². The highest BCUT2D eigenvalue weighted by Crippen LogP contribution is 2.54. The number of amides is 1. The molecule has 0 fully saturated rings. The Labute approximate surface area is 233 Å². The molecule has 0 spiro atoms. The van der Waals surface area contributed by atoms with Crippen molar-refractivity contribution in [3.8, 4) is 0 Å². The molecule has 0 radical (unpaired) electrons. The number of carbonyl (C=O) groups is 1. The van der Waals surface area contributed by atoms with Gasteiger partial charge in [-0.15, -0.1) is 0 Å². The SMILES string of the molecule is CC(C)(C)OC(=O)NCc1cc(/C(C=N)=C/Nc2c(Cl)cc(C(F)(C(F)(F)F)C(F)(F)F)cc2Cl)ccc1Cl. The van der Waals surface area contributed by atoms with Crippen LogP contribution >= 0.6 is 34.8 Å². The van der Waals surface area contributed by atoms with Crippen molar-refractivity contribution in [3.63, 3.8) is 0 Å². The standard InChI is InChI=1S/C24H21Cl3F7N3O2/c1-21(2,3)39-20(38)37-10-13-6-12(4-5-16(13)25)14(9-35)11-36-19-17(26)7-15(8-18(19)27)22(28,23(29,30)31)24(32,33)34/h4-9,11,35-36H,10H2,1-3H3,(H,37,38)/b14-11+,35-9?. The van der Waals surface area contributed by atoms with Crippen molar-refractivity contribution in [3.05, 3.63) is 68.3 Å². The quantitative estimate of drug-likeness (QED) is 0.213. The molecular formula is C24H21Cl3F7N3O2. The van der Waals surface area contributed by atoms with Crippen molar-refractivity contribution in [2.45, 2.75) is 50.9 Å². The fourth-order valence-corrected chi connectivity index (χ4v) is 3.91. The molecule has 2 aromatic carbocycles. The van der Waals surface area contributed by atoms with Gasteiger partial charge in [0, 0.05) is 35.1 Å². The maximum absolute atomic E-state index is 14.4. The van der Waals surface area contributed by atoms with Crippen LogP contribution in [0.15, 0.2) is 36.5 Å². The van der Waals surface area contributed by atoms with Gasteiger partial charge in [-0.05, 0) is 56.2 Å². The highest BCUT2D eigenvalue weighted by atomic mass is 35.5. The number of ether oxygens (including phenoxy) is 1. The van der Waals surface area contributed by atoms with Gasteiger partial charge in [-0.2, -0.15) is 26.3 Å². The van der Waals surface area contributed by atoms with Crippen LogP contribution in [0.1, 0.15) is 37.5 Å². The number of rotatable bonds is 7. The summed E-state index contributed by atoms with van der Waals surface area (Å²) in [5.41, 5.74) is -7.67. The summed E-state index contributed by atoms with van der Waals surface area (Å²) in [7, 11) is 0. The second-order valence-electron chi connectivity index (χ2n) is 9.02. The van der Waals surface area contributed by atoms with E-state index in [0.29, 0.717) is 11.1 Å². The molecule has 0 aromatic heterocycles. The fraction of sp³-hybridized carbons (Fsp3) is 0.333. The average molecular weight is 623 g/mol. The van der Waals surface area contributed by atoms with E-state index in [4.69, 9.17) is 44.9 Å². The Morgan fingerprint density at radius 3 is 1.92 bits per heavy atom. The van der Waals surface area contributed by atoms with E-state index < -0.39 is 45.3 Å². The van der Waals surface area contributed by atoms with E-state index in [-0.39, 0.29) is 35.0 Å². The number of allylic oxidation sites excluding steroid dienone is 1. The number of alkyl halides is 7. The molecule has 0 aliphatic heterocycles. The first kappa shape index (κ1) is 32.5. The third kappa shape index (κ3) is 7.70. The molecule has 1 amide bonds. The second-order valence-corrected chi connectivity index (χ2v) is 10.2. The van der Waals surface area contributed by atoms with Gasteiger partial charge in [-0.1, -0.05) is 40.9 Å². The number of benzene rings is 2. The van der Waals surface area contributed by atoms with E-state index in [1.807, 2.05) is 0 Å². The summed E-state index contributed by atoms with van der Waals surface area (Å²) in [6, 6.07) is 4.84. The van der Waals surface area contributed by atoms with Crippen LogP contribution < -0.4 is 10.6 Å². The summed E-state index contributed by atoms with van der Waals surface area (Å²) >= 11 is 17.9. The van der Waals surface area contributed by atoms with Crippen LogP contribution in [0.3, 0.4) is 0 Å². The van der Waals surface area contributed by atoms with E-state index in [1.165, 1.54) is 18.2 Å². The normalized spacial score (nSPS) is 13.2. The molecule has 15 heteroatoms. The number of alkyl carbamates (subject to hydrolysis) is 1. The highest BCUT2D eigenvalue weighted by Gasteiger charge is 2.73. The van der Waals surface area contributed by atoms with Gasteiger partial charge in [0.05, 0.1) is 15.7 Å². The Balaban J connectivity index is 2.37. The Kier molecular flexibility index (Phi) is 9.85. The predicted octanol–water partition coefficient (Wildman–Crippen LogP) is 9.06. The predicted molar refractivity (Wildman–Crippen MR) is 136 cm³/mol. The van der Waals surface area contributed by atoms with Gasteiger partial charge < -0.3 is 20.8 Å². The summed E-state index contributed by atoms with van der Waals surface area (Å²) in [4.78, 5) is 11.9. The first-order valence-corrected chi connectivity index (χ1v) is 11.9. The Hall–Kier alpha value is -2.70. The van der Waals surface area contributed by atoms with Gasteiger partial charge in [-0.3, -0.25) is 0 Å². The van der Waals surface area contributed by atoms with Crippen LogP contribution in [0.2, 0.25) is 15.1 Å². The Bertz CT molecular complexity index is 1240. The van der Waals surface area contributed by atoms with Crippen molar-refractivity contribution in [2.75, 3.05) is 5.32 Å². The summed E-state index contributed by atoms with van der Waals surface area (Å²) in [6.45, 7) is 5.01.